The SMILES string of the molecule is CC(N)Cc1c(F)cccc1C(=O)O. The van der Waals surface area contributed by atoms with Crippen molar-refractivity contribution in [2.24, 2.45) is 5.73 Å². The van der Waals surface area contributed by atoms with Crippen LogP contribution in [-0.4, -0.2) is 17.1 Å². The van der Waals surface area contributed by atoms with Crippen molar-refractivity contribution in [1.82, 2.24) is 0 Å². The minimum absolute atomic E-state index is 0.0118. The Hall–Kier alpha value is -1.42. The number of hydrogen-bond donors (Lipinski definition) is 2. The van der Waals surface area contributed by atoms with Crippen LogP contribution in [-0.2, 0) is 6.42 Å². The van der Waals surface area contributed by atoms with Crippen LogP contribution in [0, 0.1) is 5.82 Å². The van der Waals surface area contributed by atoms with Crippen LogP contribution >= 0.6 is 0 Å². The summed E-state index contributed by atoms with van der Waals surface area (Å²) in [5, 5.41) is 8.80. The predicted octanol–water partition coefficient (Wildman–Crippen LogP) is 1.41. The van der Waals surface area contributed by atoms with Crippen molar-refractivity contribution in [2.45, 2.75) is 19.4 Å². The van der Waals surface area contributed by atoms with Gasteiger partial charge in [-0.25, -0.2) is 9.18 Å². The normalized spacial score (nSPS) is 12.5. The number of aromatic carboxylic acids is 1. The molecule has 0 bridgehead atoms. The molecule has 1 rings (SSSR count). The van der Waals surface area contributed by atoms with Crippen LogP contribution in [0.5, 0.6) is 0 Å². The molecule has 1 aromatic rings. The maximum atomic E-state index is 13.3. The van der Waals surface area contributed by atoms with E-state index >= 15 is 0 Å². The molecule has 76 valence electrons. The zero-order chi connectivity index (χ0) is 10.7. The van der Waals surface area contributed by atoms with Gasteiger partial charge in [0.1, 0.15) is 5.82 Å². The maximum absolute atomic E-state index is 13.3. The molecule has 3 N–H and O–H groups in total. The monoisotopic (exact) mass is 197 g/mol. The van der Waals surface area contributed by atoms with Crippen molar-refractivity contribution in [3.8, 4) is 0 Å². The molecular formula is C10H12FNO2. The van der Waals surface area contributed by atoms with Gasteiger partial charge in [-0.3, -0.25) is 0 Å². The molecule has 4 heteroatoms. The molecule has 0 radical (unpaired) electrons. The highest BCUT2D eigenvalue weighted by atomic mass is 19.1. The van der Waals surface area contributed by atoms with Crippen molar-refractivity contribution < 1.29 is 14.3 Å². The lowest BCUT2D eigenvalue weighted by Crippen LogP contribution is -2.20. The van der Waals surface area contributed by atoms with Crippen molar-refractivity contribution in [3.05, 3.63) is 35.1 Å². The Bertz CT molecular complexity index is 350. The van der Waals surface area contributed by atoms with Gasteiger partial charge < -0.3 is 10.8 Å². The lowest BCUT2D eigenvalue weighted by molar-refractivity contribution is 0.0695. The van der Waals surface area contributed by atoms with Crippen molar-refractivity contribution in [2.75, 3.05) is 0 Å². The van der Waals surface area contributed by atoms with Crippen LogP contribution in [0.3, 0.4) is 0 Å². The van der Waals surface area contributed by atoms with E-state index in [2.05, 4.69) is 0 Å². The molecule has 0 heterocycles. The van der Waals surface area contributed by atoms with E-state index in [1.165, 1.54) is 18.2 Å². The first kappa shape index (κ1) is 10.7. The summed E-state index contributed by atoms with van der Waals surface area (Å²) in [6.07, 6.45) is 0.230. The minimum atomic E-state index is -1.12. The van der Waals surface area contributed by atoms with Crippen LogP contribution in [0.4, 0.5) is 4.39 Å². The fraction of sp³-hybridized carbons (Fsp3) is 0.300. The highest BCUT2D eigenvalue weighted by Gasteiger charge is 2.14. The van der Waals surface area contributed by atoms with E-state index in [0.717, 1.165) is 0 Å². The Morgan fingerprint density at radius 3 is 2.79 bits per heavy atom. The molecule has 0 spiro atoms. The number of halogens is 1. The van der Waals surface area contributed by atoms with E-state index in [1.54, 1.807) is 6.92 Å². The topological polar surface area (TPSA) is 63.3 Å². The van der Waals surface area contributed by atoms with Gasteiger partial charge in [0.15, 0.2) is 0 Å². The Labute approximate surface area is 81.4 Å². The van der Waals surface area contributed by atoms with Crippen molar-refractivity contribution in [3.63, 3.8) is 0 Å². The van der Waals surface area contributed by atoms with E-state index in [4.69, 9.17) is 10.8 Å². The lowest BCUT2D eigenvalue weighted by Gasteiger charge is -2.09. The number of hydrogen-bond acceptors (Lipinski definition) is 2. The van der Waals surface area contributed by atoms with E-state index in [0.29, 0.717) is 0 Å². The standard InChI is InChI=1S/C10H12FNO2/c1-6(12)5-8-7(10(13)14)3-2-4-9(8)11/h2-4,6H,5,12H2,1H3,(H,13,14). The zero-order valence-corrected chi connectivity index (χ0v) is 7.83. The van der Waals surface area contributed by atoms with E-state index < -0.39 is 11.8 Å². The first-order valence-electron chi connectivity index (χ1n) is 4.28. The molecule has 0 aliphatic rings. The number of carboxylic acids is 1. The number of carbonyl (C=O) groups is 1. The average molecular weight is 197 g/mol. The Kier molecular flexibility index (Phi) is 3.19. The Morgan fingerprint density at radius 1 is 1.64 bits per heavy atom. The van der Waals surface area contributed by atoms with Crippen LogP contribution in [0.2, 0.25) is 0 Å². The molecule has 0 aliphatic carbocycles. The second-order valence-electron chi connectivity index (χ2n) is 3.25. The quantitative estimate of drug-likeness (QED) is 0.770. The third-order valence-corrected chi connectivity index (χ3v) is 1.88. The summed E-state index contributed by atoms with van der Waals surface area (Å²) in [6, 6.07) is 3.74. The highest BCUT2D eigenvalue weighted by molar-refractivity contribution is 5.89. The Morgan fingerprint density at radius 2 is 2.29 bits per heavy atom. The predicted molar refractivity (Wildman–Crippen MR) is 50.7 cm³/mol. The minimum Gasteiger partial charge on any atom is -0.478 e. The van der Waals surface area contributed by atoms with E-state index in [1.807, 2.05) is 0 Å². The molecule has 1 aromatic carbocycles. The summed E-state index contributed by atoms with van der Waals surface area (Å²) in [5.74, 6) is -1.64. The third kappa shape index (κ3) is 2.29. The van der Waals surface area contributed by atoms with Crippen LogP contribution in [0.15, 0.2) is 18.2 Å². The first-order valence-corrected chi connectivity index (χ1v) is 4.28. The summed E-state index contributed by atoms with van der Waals surface area (Å²) >= 11 is 0. The second kappa shape index (κ2) is 4.19. The van der Waals surface area contributed by atoms with E-state index in [9.17, 15) is 9.18 Å². The van der Waals surface area contributed by atoms with Gasteiger partial charge in [0, 0.05) is 11.6 Å². The summed E-state index contributed by atoms with van der Waals surface area (Å²) in [5.41, 5.74) is 5.67. The third-order valence-electron chi connectivity index (χ3n) is 1.88. The average Bonchev–Trinajstić information content (AvgIpc) is 2.07. The van der Waals surface area contributed by atoms with Gasteiger partial charge >= 0.3 is 5.97 Å². The Balaban J connectivity index is 3.15. The summed E-state index contributed by atoms with van der Waals surface area (Å²) in [7, 11) is 0. The summed E-state index contributed by atoms with van der Waals surface area (Å²) < 4.78 is 13.3. The molecular weight excluding hydrogens is 185 g/mol. The van der Waals surface area contributed by atoms with Gasteiger partial charge in [-0.05, 0) is 25.5 Å². The van der Waals surface area contributed by atoms with Gasteiger partial charge in [0.2, 0.25) is 0 Å². The smallest absolute Gasteiger partial charge is 0.336 e. The highest BCUT2D eigenvalue weighted by Crippen LogP contribution is 2.15. The number of benzene rings is 1. The van der Waals surface area contributed by atoms with Crippen LogP contribution in [0.1, 0.15) is 22.8 Å². The largest absolute Gasteiger partial charge is 0.478 e. The molecule has 0 amide bonds. The molecule has 0 aromatic heterocycles. The summed E-state index contributed by atoms with van der Waals surface area (Å²) in [6.45, 7) is 1.71. The fourth-order valence-electron chi connectivity index (χ4n) is 1.29. The number of nitrogens with two attached hydrogens (primary N) is 1. The van der Waals surface area contributed by atoms with E-state index in [-0.39, 0.29) is 23.6 Å². The van der Waals surface area contributed by atoms with Crippen LogP contribution < -0.4 is 5.73 Å². The number of rotatable bonds is 3. The molecule has 1 unspecified atom stereocenters. The molecule has 1 atom stereocenters. The molecule has 0 saturated carbocycles. The molecule has 14 heavy (non-hydrogen) atoms. The molecule has 0 fully saturated rings. The second-order valence-corrected chi connectivity index (χ2v) is 3.25. The zero-order valence-electron chi connectivity index (χ0n) is 7.83. The van der Waals surface area contributed by atoms with Crippen molar-refractivity contribution in [1.29, 1.82) is 0 Å². The maximum Gasteiger partial charge on any atom is 0.336 e. The summed E-state index contributed by atoms with van der Waals surface area (Å²) in [4.78, 5) is 10.7. The first-order chi connectivity index (χ1) is 6.52. The molecule has 0 saturated heterocycles. The van der Waals surface area contributed by atoms with Crippen molar-refractivity contribution >= 4 is 5.97 Å². The van der Waals surface area contributed by atoms with Gasteiger partial charge in [0.05, 0.1) is 5.56 Å². The van der Waals surface area contributed by atoms with Crippen LogP contribution in [0.25, 0.3) is 0 Å². The molecule has 3 nitrogen and oxygen atoms in total. The van der Waals surface area contributed by atoms with Gasteiger partial charge in [0.25, 0.3) is 0 Å². The lowest BCUT2D eigenvalue weighted by atomic mass is 10.0. The van der Waals surface area contributed by atoms with Gasteiger partial charge in [-0.1, -0.05) is 6.07 Å². The number of carboxylic acid groups (broad SMARTS) is 1. The molecule has 0 aliphatic heterocycles. The van der Waals surface area contributed by atoms with Gasteiger partial charge in [-0.15, -0.1) is 0 Å². The van der Waals surface area contributed by atoms with Gasteiger partial charge in [-0.2, -0.15) is 0 Å². The fourth-order valence-corrected chi connectivity index (χ4v) is 1.29.